The summed E-state index contributed by atoms with van der Waals surface area (Å²) in [6.07, 6.45) is 1.30. The summed E-state index contributed by atoms with van der Waals surface area (Å²) in [4.78, 5) is 42.1. The van der Waals surface area contributed by atoms with Crippen LogP contribution in [0.3, 0.4) is 0 Å². The van der Waals surface area contributed by atoms with Crippen molar-refractivity contribution in [2.75, 3.05) is 13.1 Å². The highest BCUT2D eigenvalue weighted by molar-refractivity contribution is 6.00. The average molecular weight is 335 g/mol. The van der Waals surface area contributed by atoms with E-state index in [0.717, 1.165) is 11.1 Å². The number of aromatic amines is 1. The maximum absolute atomic E-state index is 12.8. The van der Waals surface area contributed by atoms with Crippen molar-refractivity contribution in [3.05, 3.63) is 70.5 Å². The summed E-state index contributed by atoms with van der Waals surface area (Å²) < 4.78 is 0. The molecule has 2 aliphatic rings. The summed E-state index contributed by atoms with van der Waals surface area (Å²) in [5.74, 6) is -0.124. The Bertz CT molecular complexity index is 941. The van der Waals surface area contributed by atoms with E-state index >= 15 is 0 Å². The molecule has 0 radical (unpaired) electrons. The molecule has 6 nitrogen and oxygen atoms in total. The number of nitrogens with one attached hydrogen (secondary N) is 1. The molecule has 1 aromatic heterocycles. The lowest BCUT2D eigenvalue weighted by atomic mass is 10.0. The maximum atomic E-state index is 12.8. The van der Waals surface area contributed by atoms with Gasteiger partial charge in [-0.25, -0.2) is 0 Å². The van der Waals surface area contributed by atoms with Gasteiger partial charge in [-0.15, -0.1) is 0 Å². The van der Waals surface area contributed by atoms with Gasteiger partial charge >= 0.3 is 0 Å². The summed E-state index contributed by atoms with van der Waals surface area (Å²) in [6.45, 7) is 5.13. The molecule has 2 aliphatic heterocycles. The maximum Gasteiger partial charge on any atom is 0.254 e. The third-order valence-electron chi connectivity index (χ3n) is 4.81. The molecule has 1 saturated heterocycles. The van der Waals surface area contributed by atoms with Crippen molar-refractivity contribution in [2.24, 2.45) is 0 Å². The zero-order valence-electron chi connectivity index (χ0n) is 13.6. The molecule has 3 heterocycles. The minimum atomic E-state index is -0.174. The van der Waals surface area contributed by atoms with E-state index in [2.05, 4.69) is 11.6 Å². The second-order valence-electron chi connectivity index (χ2n) is 6.33. The smallest absolute Gasteiger partial charge is 0.254 e. The minimum absolute atomic E-state index is 0.0224. The number of nitrogens with zero attached hydrogens (tertiary/aromatic N) is 2. The number of likely N-dealkylation sites (tertiary alicyclic amines) is 1. The van der Waals surface area contributed by atoms with E-state index in [1.807, 2.05) is 29.2 Å². The van der Waals surface area contributed by atoms with Crippen LogP contribution in [0.1, 0.15) is 15.9 Å². The zero-order chi connectivity index (χ0) is 17.6. The minimum Gasteiger partial charge on any atom is -0.335 e. The van der Waals surface area contributed by atoms with Gasteiger partial charge in [-0.3, -0.25) is 14.4 Å². The monoisotopic (exact) mass is 335 g/mol. The van der Waals surface area contributed by atoms with Gasteiger partial charge in [0.15, 0.2) is 0 Å². The molecule has 0 spiro atoms. The summed E-state index contributed by atoms with van der Waals surface area (Å²) in [7, 11) is 0. The van der Waals surface area contributed by atoms with E-state index in [9.17, 15) is 14.4 Å². The van der Waals surface area contributed by atoms with Crippen molar-refractivity contribution >= 4 is 11.8 Å². The van der Waals surface area contributed by atoms with Gasteiger partial charge in [-0.1, -0.05) is 24.8 Å². The molecule has 0 saturated carbocycles. The molecule has 0 unspecified atom stereocenters. The molecule has 1 aromatic carbocycles. The Morgan fingerprint density at radius 2 is 2.00 bits per heavy atom. The Balaban J connectivity index is 1.56. The van der Waals surface area contributed by atoms with Gasteiger partial charge in [0, 0.05) is 37.0 Å². The molecule has 126 valence electrons. The van der Waals surface area contributed by atoms with Crippen LogP contribution in [0.25, 0.3) is 11.3 Å². The van der Waals surface area contributed by atoms with Gasteiger partial charge in [0.25, 0.3) is 5.91 Å². The normalized spacial score (nSPS) is 16.6. The van der Waals surface area contributed by atoms with Gasteiger partial charge < -0.3 is 14.8 Å². The van der Waals surface area contributed by atoms with Crippen LogP contribution in [0.2, 0.25) is 0 Å². The first-order chi connectivity index (χ1) is 12.1. The van der Waals surface area contributed by atoms with Crippen molar-refractivity contribution in [1.29, 1.82) is 0 Å². The second kappa shape index (κ2) is 5.73. The van der Waals surface area contributed by atoms with E-state index in [1.165, 1.54) is 12.1 Å². The quantitative estimate of drug-likeness (QED) is 0.862. The van der Waals surface area contributed by atoms with Crippen molar-refractivity contribution in [3.8, 4) is 11.3 Å². The number of rotatable bonds is 3. The van der Waals surface area contributed by atoms with Gasteiger partial charge in [-0.2, -0.15) is 0 Å². The Morgan fingerprint density at radius 3 is 2.72 bits per heavy atom. The Kier molecular flexibility index (Phi) is 3.53. The number of benzene rings is 1. The predicted octanol–water partition coefficient (Wildman–Crippen LogP) is 1.39. The van der Waals surface area contributed by atoms with Gasteiger partial charge in [0.2, 0.25) is 11.5 Å². The van der Waals surface area contributed by atoms with Crippen LogP contribution in [-0.2, 0) is 11.3 Å². The number of hydrogen-bond donors (Lipinski definition) is 1. The zero-order valence-corrected chi connectivity index (χ0v) is 13.6. The highest BCUT2D eigenvalue weighted by Gasteiger charge is 2.40. The van der Waals surface area contributed by atoms with Crippen molar-refractivity contribution in [2.45, 2.75) is 12.6 Å². The summed E-state index contributed by atoms with van der Waals surface area (Å²) in [5, 5.41) is 0. The van der Waals surface area contributed by atoms with Crippen LogP contribution in [0, 0.1) is 0 Å². The van der Waals surface area contributed by atoms with E-state index in [-0.39, 0.29) is 23.4 Å². The topological polar surface area (TPSA) is 73.5 Å². The van der Waals surface area contributed by atoms with Crippen LogP contribution in [0.15, 0.2) is 53.8 Å². The molecule has 0 bridgehead atoms. The fourth-order valence-corrected chi connectivity index (χ4v) is 3.36. The molecule has 2 aromatic rings. The molecule has 0 atom stereocenters. The average Bonchev–Trinajstić information content (AvgIpc) is 2.89. The fourth-order valence-electron chi connectivity index (χ4n) is 3.36. The number of H-pyrrole nitrogens is 1. The van der Waals surface area contributed by atoms with E-state index < -0.39 is 0 Å². The van der Waals surface area contributed by atoms with E-state index in [1.54, 1.807) is 11.0 Å². The number of carbonyl (C=O) groups is 2. The molecule has 1 N–H and O–H groups in total. The van der Waals surface area contributed by atoms with Crippen molar-refractivity contribution in [3.63, 3.8) is 0 Å². The lowest BCUT2D eigenvalue weighted by molar-refractivity contribution is -0.132. The van der Waals surface area contributed by atoms with Crippen molar-refractivity contribution < 1.29 is 9.59 Å². The third-order valence-corrected chi connectivity index (χ3v) is 4.81. The van der Waals surface area contributed by atoms with Crippen LogP contribution in [0.4, 0.5) is 0 Å². The van der Waals surface area contributed by atoms with Crippen LogP contribution in [-0.4, -0.2) is 45.7 Å². The third kappa shape index (κ3) is 2.55. The predicted molar refractivity (Wildman–Crippen MR) is 92.9 cm³/mol. The Labute approximate surface area is 144 Å². The number of carbonyl (C=O) groups excluding carboxylic acids is 2. The molecule has 25 heavy (non-hydrogen) atoms. The van der Waals surface area contributed by atoms with Crippen LogP contribution >= 0.6 is 0 Å². The highest BCUT2D eigenvalue weighted by Crippen LogP contribution is 2.30. The molecule has 0 aliphatic carbocycles. The number of pyridine rings is 1. The lowest BCUT2D eigenvalue weighted by Crippen LogP contribution is -2.60. The molecule has 4 rings (SSSR count). The lowest BCUT2D eigenvalue weighted by Gasteiger charge is -2.43. The first-order valence-corrected chi connectivity index (χ1v) is 8.12. The fraction of sp³-hybridized carbons (Fsp3) is 0.211. The summed E-state index contributed by atoms with van der Waals surface area (Å²) >= 11 is 0. The summed E-state index contributed by atoms with van der Waals surface area (Å²) in [6, 6.07) is 10.7. The van der Waals surface area contributed by atoms with Gasteiger partial charge in [0.05, 0.1) is 6.04 Å². The van der Waals surface area contributed by atoms with Crippen molar-refractivity contribution in [1.82, 2.24) is 14.8 Å². The second-order valence-corrected chi connectivity index (χ2v) is 6.33. The largest absolute Gasteiger partial charge is 0.335 e. The standard InChI is InChI=1S/C19H17N3O3/c1-2-18(24)21-10-14(11-21)22-9-13-7-6-12(8-15(13)19(22)25)16-4-3-5-17(23)20-16/h2-8,14H,1,9-11H2,(H,20,23). The van der Waals surface area contributed by atoms with Crippen LogP contribution in [0.5, 0.6) is 0 Å². The molecule has 2 amide bonds. The van der Waals surface area contributed by atoms with E-state index in [4.69, 9.17) is 0 Å². The van der Waals surface area contributed by atoms with Crippen LogP contribution < -0.4 is 5.56 Å². The number of aromatic nitrogens is 1. The number of hydrogen-bond acceptors (Lipinski definition) is 3. The summed E-state index contributed by atoms with van der Waals surface area (Å²) in [5.41, 5.74) is 2.96. The molecular formula is C19H17N3O3. The van der Waals surface area contributed by atoms with Gasteiger partial charge in [-0.05, 0) is 29.3 Å². The Hall–Kier alpha value is -3.15. The molecular weight excluding hydrogens is 318 g/mol. The highest BCUT2D eigenvalue weighted by atomic mass is 16.2. The first-order valence-electron chi connectivity index (χ1n) is 8.12. The SMILES string of the molecule is C=CC(=O)N1CC(N2Cc3ccc(-c4cccc(=O)[nH]4)cc3C2=O)C1. The number of amides is 2. The molecule has 1 fully saturated rings. The Morgan fingerprint density at radius 1 is 1.20 bits per heavy atom. The first kappa shape index (κ1) is 15.4. The van der Waals surface area contributed by atoms with E-state index in [0.29, 0.717) is 30.9 Å². The molecule has 6 heteroatoms. The number of fused-ring (bicyclic) bond motifs is 1. The van der Waals surface area contributed by atoms with Gasteiger partial charge in [0.1, 0.15) is 0 Å².